The van der Waals surface area contributed by atoms with Crippen LogP contribution in [0.25, 0.3) is 0 Å². The van der Waals surface area contributed by atoms with E-state index in [1.54, 1.807) is 44.5 Å². The lowest BCUT2D eigenvalue weighted by molar-refractivity contribution is -0.130. The number of pyridine rings is 1. The molecule has 5 heteroatoms. The number of hydrogen-bond acceptors (Lipinski definition) is 4. The highest BCUT2D eigenvalue weighted by atomic mass is 16.5. The fraction of sp³-hybridized carbons (Fsp3) is 0.538. The lowest BCUT2D eigenvalue weighted by Gasteiger charge is -2.25. The Morgan fingerprint density at radius 1 is 1.33 bits per heavy atom. The summed E-state index contributed by atoms with van der Waals surface area (Å²) >= 11 is 0. The van der Waals surface area contributed by atoms with Crippen LogP contribution in [0.4, 0.5) is 5.69 Å². The Hall–Kier alpha value is -1.62. The average Bonchev–Trinajstić information content (AvgIpc) is 2.38. The van der Waals surface area contributed by atoms with Gasteiger partial charge in [-0.25, -0.2) is 4.98 Å². The predicted octanol–water partition coefficient (Wildman–Crippen LogP) is 1.72. The van der Waals surface area contributed by atoms with Gasteiger partial charge in [0.25, 0.3) is 5.91 Å². The molecule has 1 aromatic heterocycles. The molecular weight excluding hydrogens is 232 g/mol. The number of aromatic nitrogens is 1. The standard InChI is InChI=1S/C13H20N2O3/c1-9(2)12(18-5)13(16)15(3)10-6-7-11(17-4)14-8-10/h6-9,12H,1-5H3. The number of carbonyl (C=O) groups is 1. The summed E-state index contributed by atoms with van der Waals surface area (Å²) in [6, 6.07) is 3.51. The first kappa shape index (κ1) is 14.4. The van der Waals surface area contributed by atoms with Crippen molar-refractivity contribution in [1.82, 2.24) is 4.98 Å². The Kier molecular flexibility index (Phi) is 5.09. The Bertz CT molecular complexity index is 390. The number of nitrogens with zero attached hydrogens (tertiary/aromatic N) is 2. The summed E-state index contributed by atoms with van der Waals surface area (Å²) in [5.74, 6) is 0.558. The fourth-order valence-electron chi connectivity index (χ4n) is 1.67. The van der Waals surface area contributed by atoms with Gasteiger partial charge < -0.3 is 14.4 Å². The molecule has 0 N–H and O–H groups in total. The maximum atomic E-state index is 12.2. The molecule has 100 valence electrons. The second-order valence-electron chi connectivity index (χ2n) is 4.36. The summed E-state index contributed by atoms with van der Waals surface area (Å²) in [6.45, 7) is 3.90. The third-order valence-electron chi connectivity index (χ3n) is 2.75. The van der Waals surface area contributed by atoms with E-state index in [-0.39, 0.29) is 11.8 Å². The van der Waals surface area contributed by atoms with Crippen LogP contribution in [0, 0.1) is 5.92 Å². The van der Waals surface area contributed by atoms with Crippen molar-refractivity contribution in [3.8, 4) is 5.88 Å². The smallest absolute Gasteiger partial charge is 0.256 e. The van der Waals surface area contributed by atoms with Gasteiger partial charge in [-0.05, 0) is 12.0 Å². The number of hydrogen-bond donors (Lipinski definition) is 0. The van der Waals surface area contributed by atoms with Gasteiger partial charge in [-0.2, -0.15) is 0 Å². The van der Waals surface area contributed by atoms with E-state index < -0.39 is 6.10 Å². The molecule has 0 aromatic carbocycles. The van der Waals surface area contributed by atoms with Gasteiger partial charge in [-0.15, -0.1) is 0 Å². The topological polar surface area (TPSA) is 51.7 Å². The van der Waals surface area contributed by atoms with E-state index in [9.17, 15) is 4.79 Å². The Morgan fingerprint density at radius 3 is 2.39 bits per heavy atom. The number of ether oxygens (including phenoxy) is 2. The number of methoxy groups -OCH3 is 2. The maximum absolute atomic E-state index is 12.2. The van der Waals surface area contributed by atoms with E-state index in [2.05, 4.69) is 4.98 Å². The molecule has 1 aromatic rings. The van der Waals surface area contributed by atoms with E-state index in [4.69, 9.17) is 9.47 Å². The van der Waals surface area contributed by atoms with Crippen LogP contribution in [0.5, 0.6) is 5.88 Å². The SMILES string of the molecule is COc1ccc(N(C)C(=O)C(OC)C(C)C)cn1. The van der Waals surface area contributed by atoms with Crippen LogP contribution in [0.3, 0.4) is 0 Å². The van der Waals surface area contributed by atoms with Crippen molar-refractivity contribution in [2.75, 3.05) is 26.2 Å². The van der Waals surface area contributed by atoms with E-state index in [0.29, 0.717) is 11.6 Å². The molecule has 0 radical (unpaired) electrons. The van der Waals surface area contributed by atoms with Crippen LogP contribution in [0.1, 0.15) is 13.8 Å². The summed E-state index contributed by atoms with van der Waals surface area (Å²) in [5.41, 5.74) is 0.712. The minimum Gasteiger partial charge on any atom is -0.481 e. The zero-order chi connectivity index (χ0) is 13.7. The van der Waals surface area contributed by atoms with Crippen molar-refractivity contribution in [3.63, 3.8) is 0 Å². The molecule has 0 aliphatic rings. The normalized spacial score (nSPS) is 12.3. The summed E-state index contributed by atoms with van der Waals surface area (Å²) in [5, 5.41) is 0. The molecule has 0 saturated carbocycles. The maximum Gasteiger partial charge on any atom is 0.256 e. The highest BCUT2D eigenvalue weighted by Crippen LogP contribution is 2.18. The van der Waals surface area contributed by atoms with Crippen molar-refractivity contribution in [3.05, 3.63) is 18.3 Å². The molecule has 0 aliphatic carbocycles. The van der Waals surface area contributed by atoms with Gasteiger partial charge in [-0.3, -0.25) is 4.79 Å². The van der Waals surface area contributed by atoms with E-state index in [0.717, 1.165) is 0 Å². The molecule has 1 heterocycles. The third-order valence-corrected chi connectivity index (χ3v) is 2.75. The molecular formula is C13H20N2O3. The molecule has 1 unspecified atom stereocenters. The van der Waals surface area contributed by atoms with Gasteiger partial charge in [0.2, 0.25) is 5.88 Å². The first-order chi connectivity index (χ1) is 8.51. The Balaban J connectivity index is 2.84. The van der Waals surface area contributed by atoms with Crippen LogP contribution in [-0.4, -0.2) is 38.3 Å². The van der Waals surface area contributed by atoms with Crippen LogP contribution in [0.2, 0.25) is 0 Å². The van der Waals surface area contributed by atoms with Crippen LogP contribution in [-0.2, 0) is 9.53 Å². The third kappa shape index (κ3) is 3.20. The van der Waals surface area contributed by atoms with Crippen LogP contribution < -0.4 is 9.64 Å². The summed E-state index contributed by atoms with van der Waals surface area (Å²) in [6.07, 6.45) is 1.15. The van der Waals surface area contributed by atoms with E-state index >= 15 is 0 Å². The number of anilines is 1. The molecule has 1 amide bonds. The highest BCUT2D eigenvalue weighted by Gasteiger charge is 2.25. The fourth-order valence-corrected chi connectivity index (χ4v) is 1.67. The van der Waals surface area contributed by atoms with Gasteiger partial charge in [0.1, 0.15) is 6.10 Å². The van der Waals surface area contributed by atoms with Gasteiger partial charge >= 0.3 is 0 Å². The van der Waals surface area contributed by atoms with Gasteiger partial charge in [0.05, 0.1) is 19.0 Å². The highest BCUT2D eigenvalue weighted by molar-refractivity contribution is 5.96. The van der Waals surface area contributed by atoms with Gasteiger partial charge in [0, 0.05) is 20.2 Å². The average molecular weight is 252 g/mol. The molecule has 1 rings (SSSR count). The second-order valence-corrected chi connectivity index (χ2v) is 4.36. The lowest BCUT2D eigenvalue weighted by atomic mass is 10.1. The van der Waals surface area contributed by atoms with Crippen LogP contribution >= 0.6 is 0 Å². The number of amides is 1. The first-order valence-corrected chi connectivity index (χ1v) is 5.81. The Morgan fingerprint density at radius 2 is 2.00 bits per heavy atom. The molecule has 0 aliphatic heterocycles. The lowest BCUT2D eigenvalue weighted by Crippen LogP contribution is -2.40. The van der Waals surface area contributed by atoms with Crippen molar-refractivity contribution in [2.45, 2.75) is 20.0 Å². The van der Waals surface area contributed by atoms with Crippen LogP contribution in [0.15, 0.2) is 18.3 Å². The molecule has 0 fully saturated rings. The van der Waals surface area contributed by atoms with Crippen molar-refractivity contribution >= 4 is 11.6 Å². The van der Waals surface area contributed by atoms with Gasteiger partial charge in [0.15, 0.2) is 0 Å². The van der Waals surface area contributed by atoms with Gasteiger partial charge in [-0.1, -0.05) is 13.8 Å². The van der Waals surface area contributed by atoms with E-state index in [1.165, 1.54) is 0 Å². The zero-order valence-corrected chi connectivity index (χ0v) is 11.5. The predicted molar refractivity (Wildman–Crippen MR) is 69.8 cm³/mol. The van der Waals surface area contributed by atoms with Crippen molar-refractivity contribution in [1.29, 1.82) is 0 Å². The first-order valence-electron chi connectivity index (χ1n) is 5.81. The molecule has 1 atom stereocenters. The number of rotatable bonds is 5. The second kappa shape index (κ2) is 6.35. The Labute approximate surface area is 108 Å². The molecule has 0 spiro atoms. The summed E-state index contributed by atoms with van der Waals surface area (Å²) in [4.78, 5) is 17.8. The zero-order valence-electron chi connectivity index (χ0n) is 11.5. The molecule has 18 heavy (non-hydrogen) atoms. The van der Waals surface area contributed by atoms with E-state index in [1.807, 2.05) is 13.8 Å². The summed E-state index contributed by atoms with van der Waals surface area (Å²) in [7, 11) is 4.81. The quantitative estimate of drug-likeness (QED) is 0.800. The summed E-state index contributed by atoms with van der Waals surface area (Å²) < 4.78 is 10.2. The molecule has 5 nitrogen and oxygen atoms in total. The largest absolute Gasteiger partial charge is 0.481 e. The number of carbonyl (C=O) groups excluding carboxylic acids is 1. The minimum absolute atomic E-state index is 0.0838. The number of likely N-dealkylation sites (N-methyl/N-ethyl adjacent to an activating group) is 1. The monoisotopic (exact) mass is 252 g/mol. The minimum atomic E-state index is -0.447. The molecule has 0 saturated heterocycles. The molecule has 0 bridgehead atoms. The van der Waals surface area contributed by atoms with Crippen molar-refractivity contribution < 1.29 is 14.3 Å². The van der Waals surface area contributed by atoms with Crippen molar-refractivity contribution in [2.24, 2.45) is 5.92 Å².